The van der Waals surface area contributed by atoms with Gasteiger partial charge in [-0.05, 0) is 63.3 Å². The minimum atomic E-state index is -4.54. The van der Waals surface area contributed by atoms with Gasteiger partial charge in [0.15, 0.2) is 5.60 Å². The summed E-state index contributed by atoms with van der Waals surface area (Å²) in [6, 6.07) is 0. The van der Waals surface area contributed by atoms with Crippen molar-refractivity contribution in [3.63, 3.8) is 0 Å². The molecule has 1 saturated heterocycles. The summed E-state index contributed by atoms with van der Waals surface area (Å²) in [4.78, 5) is 11.4. The fraction of sp³-hybridized carbons (Fsp3) is 0.933. The number of aliphatic hydroxyl groups is 1. The first-order valence-electron chi connectivity index (χ1n) is 8.00. The molecule has 126 valence electrons. The zero-order valence-electron chi connectivity index (χ0n) is 12.5. The third-order valence-corrected chi connectivity index (χ3v) is 6.07. The molecule has 1 spiro atoms. The van der Waals surface area contributed by atoms with Crippen LogP contribution in [0.3, 0.4) is 0 Å². The molecular weight excluding hydrogens is 297 g/mol. The highest BCUT2D eigenvalue weighted by atomic mass is 19.4. The molecular formula is C15H23F3N2O2. The van der Waals surface area contributed by atoms with Crippen LogP contribution in [-0.4, -0.2) is 34.9 Å². The maximum Gasteiger partial charge on any atom is 0.417 e. The Labute approximate surface area is 127 Å². The topological polar surface area (TPSA) is 75.4 Å². The molecule has 0 aromatic rings. The number of nitrogens with two attached hydrogens (primary N) is 1. The van der Waals surface area contributed by atoms with Crippen molar-refractivity contribution in [3.8, 4) is 0 Å². The quantitative estimate of drug-likeness (QED) is 0.725. The van der Waals surface area contributed by atoms with E-state index in [0.29, 0.717) is 25.2 Å². The molecule has 22 heavy (non-hydrogen) atoms. The average Bonchev–Trinajstić information content (AvgIpc) is 3.11. The first-order valence-corrected chi connectivity index (χ1v) is 8.00. The number of alkyl halides is 3. The van der Waals surface area contributed by atoms with Crippen LogP contribution in [0.4, 0.5) is 13.2 Å². The molecule has 1 aliphatic heterocycles. The minimum absolute atomic E-state index is 0.101. The molecule has 3 fully saturated rings. The molecule has 7 heteroatoms. The van der Waals surface area contributed by atoms with Crippen LogP contribution < -0.4 is 11.1 Å². The number of carbonyl (C=O) groups excluding carboxylic acids is 1. The second-order valence-corrected chi connectivity index (χ2v) is 7.35. The van der Waals surface area contributed by atoms with Crippen LogP contribution >= 0.6 is 0 Å². The van der Waals surface area contributed by atoms with Gasteiger partial charge in [-0.3, -0.25) is 4.79 Å². The fourth-order valence-corrected chi connectivity index (χ4v) is 4.54. The summed E-state index contributed by atoms with van der Waals surface area (Å²) >= 11 is 0. The highest BCUT2D eigenvalue weighted by molar-refractivity contribution is 5.77. The number of carbonyl (C=O) groups is 1. The maximum atomic E-state index is 12.8. The molecule has 0 radical (unpaired) electrons. The Balaban J connectivity index is 1.59. The molecule has 0 aromatic heterocycles. The first kappa shape index (κ1) is 16.1. The summed E-state index contributed by atoms with van der Waals surface area (Å²) in [5.74, 6) is 0.109. The Bertz CT molecular complexity index is 460. The van der Waals surface area contributed by atoms with Crippen molar-refractivity contribution in [2.24, 2.45) is 23.5 Å². The van der Waals surface area contributed by atoms with Crippen LogP contribution in [0, 0.1) is 17.8 Å². The Morgan fingerprint density at radius 3 is 2.36 bits per heavy atom. The second-order valence-electron chi connectivity index (χ2n) is 7.35. The summed E-state index contributed by atoms with van der Waals surface area (Å²) in [5, 5.41) is 13.2. The van der Waals surface area contributed by atoms with Gasteiger partial charge in [-0.25, -0.2) is 0 Å². The number of primary amides is 1. The van der Waals surface area contributed by atoms with E-state index in [1.165, 1.54) is 0 Å². The van der Waals surface area contributed by atoms with Crippen LogP contribution in [-0.2, 0) is 4.79 Å². The summed E-state index contributed by atoms with van der Waals surface area (Å²) in [6.45, 7) is 0.739. The lowest BCUT2D eigenvalue weighted by molar-refractivity contribution is -0.272. The van der Waals surface area contributed by atoms with Crippen molar-refractivity contribution in [1.29, 1.82) is 0 Å². The number of rotatable bonds is 2. The largest absolute Gasteiger partial charge is 0.417 e. The highest BCUT2D eigenvalue weighted by Crippen LogP contribution is 2.58. The summed E-state index contributed by atoms with van der Waals surface area (Å²) < 4.78 is 38.5. The van der Waals surface area contributed by atoms with Crippen molar-refractivity contribution in [3.05, 3.63) is 0 Å². The van der Waals surface area contributed by atoms with E-state index in [2.05, 4.69) is 5.32 Å². The number of amides is 1. The van der Waals surface area contributed by atoms with Crippen LogP contribution in [0.5, 0.6) is 0 Å². The van der Waals surface area contributed by atoms with Gasteiger partial charge in [0.2, 0.25) is 5.91 Å². The summed E-state index contributed by atoms with van der Waals surface area (Å²) in [5.41, 5.74) is 2.79. The van der Waals surface area contributed by atoms with Crippen molar-refractivity contribution >= 4 is 5.91 Å². The van der Waals surface area contributed by atoms with E-state index >= 15 is 0 Å². The van der Waals surface area contributed by atoms with E-state index in [9.17, 15) is 23.1 Å². The Kier molecular flexibility index (Phi) is 3.72. The lowest BCUT2D eigenvalue weighted by Crippen LogP contribution is -2.49. The summed E-state index contributed by atoms with van der Waals surface area (Å²) in [7, 11) is 0. The average molecular weight is 320 g/mol. The number of piperidine rings is 1. The molecule has 1 amide bonds. The van der Waals surface area contributed by atoms with Crippen molar-refractivity contribution in [2.45, 2.75) is 62.3 Å². The molecule has 4 nitrogen and oxygen atoms in total. The Morgan fingerprint density at radius 1 is 1.18 bits per heavy atom. The molecule has 4 N–H and O–H groups in total. The lowest BCUT2D eigenvalue weighted by atomic mass is 9.75. The standard InChI is InChI=1S/C15H23F3N2O2/c16-15(17,18)14(22)4-1-9(2-5-14)11-8-13(11)7-10(12(19)21)3-6-20-13/h9-11,20,22H,1-8H2,(H2,19,21)/t9?,10?,11-,13?,14?/m1/s1. The molecule has 2 unspecified atom stereocenters. The summed E-state index contributed by atoms with van der Waals surface area (Å²) in [6.07, 6.45) is -1.84. The predicted molar refractivity (Wildman–Crippen MR) is 73.7 cm³/mol. The monoisotopic (exact) mass is 320 g/mol. The van der Waals surface area contributed by atoms with Gasteiger partial charge in [0, 0.05) is 11.5 Å². The van der Waals surface area contributed by atoms with Gasteiger partial charge < -0.3 is 16.2 Å². The molecule has 2 saturated carbocycles. The Morgan fingerprint density at radius 2 is 1.82 bits per heavy atom. The van der Waals surface area contributed by atoms with Crippen LogP contribution in [0.25, 0.3) is 0 Å². The number of nitrogens with one attached hydrogen (secondary N) is 1. The molecule has 0 aromatic carbocycles. The Hall–Kier alpha value is -0.820. The molecule has 1 heterocycles. The highest BCUT2D eigenvalue weighted by Gasteiger charge is 2.62. The van der Waals surface area contributed by atoms with E-state index in [4.69, 9.17) is 5.73 Å². The lowest BCUT2D eigenvalue weighted by Gasteiger charge is -2.39. The van der Waals surface area contributed by atoms with E-state index < -0.39 is 11.8 Å². The van der Waals surface area contributed by atoms with Crippen LogP contribution in [0.2, 0.25) is 0 Å². The number of hydrogen-bond donors (Lipinski definition) is 3. The zero-order chi connectivity index (χ0) is 16.2. The third-order valence-electron chi connectivity index (χ3n) is 6.07. The molecule has 3 aliphatic rings. The minimum Gasteiger partial charge on any atom is -0.380 e. The van der Waals surface area contributed by atoms with Crippen molar-refractivity contribution < 1.29 is 23.1 Å². The fourth-order valence-electron chi connectivity index (χ4n) is 4.54. The van der Waals surface area contributed by atoms with Gasteiger partial charge in [-0.1, -0.05) is 0 Å². The molecule has 2 aliphatic carbocycles. The first-order chi connectivity index (χ1) is 10.2. The zero-order valence-corrected chi connectivity index (χ0v) is 12.5. The molecule has 3 atom stereocenters. The predicted octanol–water partition coefficient (Wildman–Crippen LogP) is 1.71. The third kappa shape index (κ3) is 2.62. The molecule has 3 rings (SSSR count). The van der Waals surface area contributed by atoms with E-state index in [1.807, 2.05) is 0 Å². The second kappa shape index (κ2) is 5.09. The SMILES string of the molecule is NC(=O)C1CCNC2(C1)C[C@@H]2C1CCC(O)(C(F)(F)F)CC1. The van der Waals surface area contributed by atoms with Gasteiger partial charge in [-0.15, -0.1) is 0 Å². The van der Waals surface area contributed by atoms with Crippen molar-refractivity contribution in [1.82, 2.24) is 5.32 Å². The van der Waals surface area contributed by atoms with Gasteiger partial charge in [0.1, 0.15) is 0 Å². The normalized spacial score (nSPS) is 45.7. The smallest absolute Gasteiger partial charge is 0.380 e. The maximum absolute atomic E-state index is 12.8. The van der Waals surface area contributed by atoms with E-state index in [0.717, 1.165) is 19.4 Å². The van der Waals surface area contributed by atoms with Gasteiger partial charge >= 0.3 is 6.18 Å². The van der Waals surface area contributed by atoms with Crippen molar-refractivity contribution in [2.75, 3.05) is 6.54 Å². The number of hydrogen-bond acceptors (Lipinski definition) is 3. The van der Waals surface area contributed by atoms with Gasteiger partial charge in [-0.2, -0.15) is 13.2 Å². The van der Waals surface area contributed by atoms with Crippen LogP contribution in [0.15, 0.2) is 0 Å². The number of halogens is 3. The van der Waals surface area contributed by atoms with Gasteiger partial charge in [0.25, 0.3) is 0 Å². The van der Waals surface area contributed by atoms with Gasteiger partial charge in [0.05, 0.1) is 0 Å². The van der Waals surface area contributed by atoms with E-state index in [1.54, 1.807) is 0 Å². The molecule has 0 bridgehead atoms. The van der Waals surface area contributed by atoms with E-state index in [-0.39, 0.29) is 36.1 Å². The van der Waals surface area contributed by atoms with Crippen LogP contribution in [0.1, 0.15) is 44.9 Å².